The molecule has 0 heterocycles. The van der Waals surface area contributed by atoms with Gasteiger partial charge in [0.05, 0.1) is 10.9 Å². The standard InChI is InChI=1S/C10H5BrF3NO2/c11-4-9(16)8-2-1-7(3-6(8)5-15)17-10(12,13)14/h1-3H,4H2. The second-order valence-corrected chi connectivity index (χ2v) is 3.48. The summed E-state index contributed by atoms with van der Waals surface area (Å²) in [6, 6.07) is 4.64. The molecule has 0 fully saturated rings. The lowest BCUT2D eigenvalue weighted by Crippen LogP contribution is -2.17. The molecule has 0 spiro atoms. The number of rotatable bonds is 3. The van der Waals surface area contributed by atoms with Gasteiger partial charge in [0.2, 0.25) is 0 Å². The van der Waals surface area contributed by atoms with E-state index >= 15 is 0 Å². The maximum atomic E-state index is 11.9. The summed E-state index contributed by atoms with van der Waals surface area (Å²) >= 11 is 2.91. The van der Waals surface area contributed by atoms with Crippen LogP contribution in [0.25, 0.3) is 0 Å². The Hall–Kier alpha value is -1.55. The minimum absolute atomic E-state index is 0.0127. The van der Waals surface area contributed by atoms with Crippen molar-refractivity contribution in [3.63, 3.8) is 0 Å². The Morgan fingerprint density at radius 1 is 1.47 bits per heavy atom. The number of nitriles is 1. The topological polar surface area (TPSA) is 50.1 Å². The maximum Gasteiger partial charge on any atom is 0.573 e. The van der Waals surface area contributed by atoms with Gasteiger partial charge in [-0.25, -0.2) is 0 Å². The van der Waals surface area contributed by atoms with E-state index < -0.39 is 12.1 Å². The molecule has 0 radical (unpaired) electrons. The van der Waals surface area contributed by atoms with Crippen molar-refractivity contribution < 1.29 is 22.7 Å². The average Bonchev–Trinajstić information content (AvgIpc) is 2.25. The first-order valence-corrected chi connectivity index (χ1v) is 5.38. The average molecular weight is 308 g/mol. The third-order valence-corrected chi connectivity index (χ3v) is 2.28. The number of hydrogen-bond acceptors (Lipinski definition) is 3. The van der Waals surface area contributed by atoms with Crippen LogP contribution in [0.5, 0.6) is 5.75 Å². The number of carbonyl (C=O) groups is 1. The molecule has 3 nitrogen and oxygen atoms in total. The van der Waals surface area contributed by atoms with Crippen LogP contribution in [-0.2, 0) is 0 Å². The molecule has 7 heteroatoms. The summed E-state index contributed by atoms with van der Waals surface area (Å²) < 4.78 is 39.4. The molecule has 0 atom stereocenters. The fourth-order valence-corrected chi connectivity index (χ4v) is 1.43. The third kappa shape index (κ3) is 3.75. The van der Waals surface area contributed by atoms with E-state index in [0.717, 1.165) is 18.2 Å². The molecule has 1 aromatic rings. The molecule has 0 aliphatic carbocycles. The van der Waals surface area contributed by atoms with Crippen molar-refractivity contribution >= 4 is 21.7 Å². The molecule has 0 saturated carbocycles. The lowest BCUT2D eigenvalue weighted by atomic mass is 10.1. The predicted molar refractivity (Wildman–Crippen MR) is 56.0 cm³/mol. The SMILES string of the molecule is N#Cc1cc(OC(F)(F)F)ccc1C(=O)CBr. The van der Waals surface area contributed by atoms with Gasteiger partial charge in [0.15, 0.2) is 5.78 Å². The van der Waals surface area contributed by atoms with Gasteiger partial charge < -0.3 is 4.74 Å². The van der Waals surface area contributed by atoms with Crippen molar-refractivity contribution in [1.82, 2.24) is 0 Å². The smallest absolute Gasteiger partial charge is 0.406 e. The molecule has 0 aromatic heterocycles. The van der Waals surface area contributed by atoms with E-state index in [-0.39, 0.29) is 22.2 Å². The summed E-state index contributed by atoms with van der Waals surface area (Å²) in [5, 5.41) is 8.72. The van der Waals surface area contributed by atoms with Crippen LogP contribution in [0.4, 0.5) is 13.2 Å². The van der Waals surface area contributed by atoms with E-state index in [1.165, 1.54) is 0 Å². The molecule has 90 valence electrons. The molecule has 1 rings (SSSR count). The summed E-state index contributed by atoms with van der Waals surface area (Å²) in [5.41, 5.74) is -0.102. The van der Waals surface area contributed by atoms with Crippen molar-refractivity contribution in [1.29, 1.82) is 5.26 Å². The van der Waals surface area contributed by atoms with E-state index in [0.29, 0.717) is 0 Å². The van der Waals surface area contributed by atoms with Crippen LogP contribution < -0.4 is 4.74 Å². The Balaban J connectivity index is 3.10. The van der Waals surface area contributed by atoms with Crippen molar-refractivity contribution in [2.75, 3.05) is 5.33 Å². The number of hydrogen-bond donors (Lipinski definition) is 0. The summed E-state index contributed by atoms with van der Waals surface area (Å²) in [6.07, 6.45) is -4.83. The zero-order valence-electron chi connectivity index (χ0n) is 8.21. The van der Waals surface area contributed by atoms with Gasteiger partial charge in [0.25, 0.3) is 0 Å². The molecular weight excluding hydrogens is 303 g/mol. The normalized spacial score (nSPS) is 10.8. The molecule has 0 bridgehead atoms. The lowest BCUT2D eigenvalue weighted by molar-refractivity contribution is -0.274. The Morgan fingerprint density at radius 2 is 2.12 bits per heavy atom. The number of carbonyl (C=O) groups excluding carboxylic acids is 1. The third-order valence-electron chi connectivity index (χ3n) is 1.77. The number of alkyl halides is 4. The zero-order chi connectivity index (χ0) is 13.1. The van der Waals surface area contributed by atoms with Crippen molar-refractivity contribution in [2.45, 2.75) is 6.36 Å². The molecule has 0 aliphatic heterocycles. The first-order valence-electron chi connectivity index (χ1n) is 4.26. The van der Waals surface area contributed by atoms with Crippen LogP contribution in [0.1, 0.15) is 15.9 Å². The fraction of sp³-hybridized carbons (Fsp3) is 0.200. The molecule has 0 amide bonds. The highest BCUT2D eigenvalue weighted by molar-refractivity contribution is 9.09. The number of ether oxygens (including phenoxy) is 1. The minimum Gasteiger partial charge on any atom is -0.406 e. The van der Waals surface area contributed by atoms with Crippen molar-refractivity contribution in [2.24, 2.45) is 0 Å². The van der Waals surface area contributed by atoms with Crippen molar-refractivity contribution in [3.8, 4) is 11.8 Å². The fourth-order valence-electron chi connectivity index (χ4n) is 1.13. The summed E-state index contributed by atoms with van der Waals surface area (Å²) in [7, 11) is 0. The minimum atomic E-state index is -4.83. The second-order valence-electron chi connectivity index (χ2n) is 2.92. The predicted octanol–water partition coefficient (Wildman–Crippen LogP) is 3.03. The van der Waals surface area contributed by atoms with E-state index in [1.807, 2.05) is 0 Å². The largest absolute Gasteiger partial charge is 0.573 e. The van der Waals surface area contributed by atoms with Gasteiger partial charge in [-0.05, 0) is 18.2 Å². The summed E-state index contributed by atoms with van der Waals surface area (Å²) in [6.45, 7) is 0. The van der Waals surface area contributed by atoms with E-state index in [9.17, 15) is 18.0 Å². The van der Waals surface area contributed by atoms with Crippen LogP contribution >= 0.6 is 15.9 Å². The highest BCUT2D eigenvalue weighted by atomic mass is 79.9. The summed E-state index contributed by atoms with van der Waals surface area (Å²) in [4.78, 5) is 11.3. The maximum absolute atomic E-state index is 11.9. The first kappa shape index (κ1) is 13.5. The van der Waals surface area contributed by atoms with Gasteiger partial charge in [-0.1, -0.05) is 15.9 Å². The molecule has 0 aliphatic rings. The monoisotopic (exact) mass is 307 g/mol. The molecule has 0 N–H and O–H groups in total. The molecule has 0 unspecified atom stereocenters. The van der Waals surface area contributed by atoms with Crippen LogP contribution in [-0.4, -0.2) is 17.5 Å². The van der Waals surface area contributed by atoms with Crippen LogP contribution in [0.3, 0.4) is 0 Å². The number of benzene rings is 1. The van der Waals surface area contributed by atoms with E-state index in [1.54, 1.807) is 6.07 Å². The summed E-state index contributed by atoms with van der Waals surface area (Å²) in [5.74, 6) is -0.916. The molecule has 0 saturated heterocycles. The van der Waals surface area contributed by atoms with Gasteiger partial charge in [-0.2, -0.15) is 5.26 Å². The molecule has 1 aromatic carbocycles. The van der Waals surface area contributed by atoms with Gasteiger partial charge in [-0.15, -0.1) is 13.2 Å². The number of Topliss-reactive ketones (excluding diaryl/α,β-unsaturated/α-hetero) is 1. The van der Waals surface area contributed by atoms with Crippen molar-refractivity contribution in [3.05, 3.63) is 29.3 Å². The van der Waals surface area contributed by atoms with E-state index in [2.05, 4.69) is 20.7 Å². The number of ketones is 1. The highest BCUT2D eigenvalue weighted by Gasteiger charge is 2.31. The zero-order valence-corrected chi connectivity index (χ0v) is 9.80. The van der Waals surface area contributed by atoms with Crippen LogP contribution in [0, 0.1) is 11.3 Å². The Kier molecular flexibility index (Phi) is 4.12. The second kappa shape index (κ2) is 5.19. The Labute approximate surface area is 103 Å². The van der Waals surface area contributed by atoms with Gasteiger partial charge in [-0.3, -0.25) is 4.79 Å². The van der Waals surface area contributed by atoms with E-state index in [4.69, 9.17) is 5.26 Å². The van der Waals surface area contributed by atoms with Crippen LogP contribution in [0.2, 0.25) is 0 Å². The number of halogens is 4. The Morgan fingerprint density at radius 3 is 2.59 bits per heavy atom. The molecule has 17 heavy (non-hydrogen) atoms. The van der Waals surface area contributed by atoms with Gasteiger partial charge in [0, 0.05) is 5.56 Å². The quantitative estimate of drug-likeness (QED) is 0.637. The first-order chi connectivity index (χ1) is 7.87. The number of nitrogens with zero attached hydrogens (tertiary/aromatic N) is 1. The lowest BCUT2D eigenvalue weighted by Gasteiger charge is -2.09. The highest BCUT2D eigenvalue weighted by Crippen LogP contribution is 2.25. The van der Waals surface area contributed by atoms with Gasteiger partial charge >= 0.3 is 6.36 Å². The Bertz CT molecular complexity index is 479. The van der Waals surface area contributed by atoms with Gasteiger partial charge in [0.1, 0.15) is 11.8 Å². The van der Waals surface area contributed by atoms with Crippen LogP contribution in [0.15, 0.2) is 18.2 Å². The molecular formula is C10H5BrF3NO2.